The maximum atomic E-state index is 12.3. The van der Waals surface area contributed by atoms with Gasteiger partial charge in [0.15, 0.2) is 0 Å². The van der Waals surface area contributed by atoms with Crippen LogP contribution in [0.1, 0.15) is 50.9 Å². The number of nitrogens with one attached hydrogen (secondary N) is 1. The molecule has 5 nitrogen and oxygen atoms in total. The van der Waals surface area contributed by atoms with E-state index in [1.807, 2.05) is 31.9 Å². The fourth-order valence-electron chi connectivity index (χ4n) is 2.99. The lowest BCUT2D eigenvalue weighted by molar-refractivity contribution is 0.0124. The molecule has 2 aliphatic heterocycles. The number of aromatic amines is 1. The highest BCUT2D eigenvalue weighted by Crippen LogP contribution is 2.43. The van der Waals surface area contributed by atoms with Crippen molar-refractivity contribution in [1.82, 2.24) is 15.1 Å². The summed E-state index contributed by atoms with van der Waals surface area (Å²) < 4.78 is 5.51. The lowest BCUT2D eigenvalue weighted by Crippen LogP contribution is -2.44. The van der Waals surface area contributed by atoms with Gasteiger partial charge >= 0.3 is 6.09 Å². The topological polar surface area (TPSA) is 58.2 Å². The predicted octanol–water partition coefficient (Wildman–Crippen LogP) is 2.41. The van der Waals surface area contributed by atoms with Crippen LogP contribution in [0.3, 0.4) is 0 Å². The van der Waals surface area contributed by atoms with Gasteiger partial charge in [0.05, 0.1) is 12.2 Å². The molecule has 2 atom stereocenters. The summed E-state index contributed by atoms with van der Waals surface area (Å²) in [6.07, 6.45) is 4.58. The molecule has 0 aliphatic carbocycles. The number of fused-ring (bicyclic) bond motifs is 4. The van der Waals surface area contributed by atoms with E-state index in [9.17, 15) is 4.79 Å². The zero-order chi connectivity index (χ0) is 12.9. The van der Waals surface area contributed by atoms with Gasteiger partial charge in [-0.2, -0.15) is 5.10 Å². The summed E-state index contributed by atoms with van der Waals surface area (Å²) in [4.78, 5) is 14.2. The Kier molecular flexibility index (Phi) is 2.40. The number of aromatic nitrogens is 2. The fourth-order valence-corrected chi connectivity index (χ4v) is 2.99. The molecule has 0 saturated carbocycles. The van der Waals surface area contributed by atoms with Crippen molar-refractivity contribution in [3.05, 3.63) is 17.5 Å². The van der Waals surface area contributed by atoms with Crippen LogP contribution >= 0.6 is 0 Å². The van der Waals surface area contributed by atoms with Crippen LogP contribution in [-0.2, 0) is 11.2 Å². The van der Waals surface area contributed by atoms with E-state index in [2.05, 4.69) is 10.2 Å². The van der Waals surface area contributed by atoms with Gasteiger partial charge in [0, 0.05) is 23.7 Å². The largest absolute Gasteiger partial charge is 0.444 e. The second-order valence-corrected chi connectivity index (χ2v) is 6.14. The first-order valence-electron chi connectivity index (χ1n) is 6.49. The van der Waals surface area contributed by atoms with Crippen molar-refractivity contribution in [2.75, 3.05) is 0 Å². The number of carbonyl (C=O) groups excluding carboxylic acids is 1. The average molecular weight is 249 g/mol. The van der Waals surface area contributed by atoms with E-state index in [4.69, 9.17) is 4.74 Å². The van der Waals surface area contributed by atoms with Crippen LogP contribution in [0, 0.1) is 0 Å². The molecular formula is C13H19N3O2. The van der Waals surface area contributed by atoms with E-state index < -0.39 is 5.60 Å². The van der Waals surface area contributed by atoms with E-state index in [0.717, 1.165) is 24.8 Å². The molecule has 2 aliphatic rings. The van der Waals surface area contributed by atoms with Gasteiger partial charge in [-0.15, -0.1) is 0 Å². The molecule has 0 spiro atoms. The highest BCUT2D eigenvalue weighted by Gasteiger charge is 2.44. The van der Waals surface area contributed by atoms with Gasteiger partial charge < -0.3 is 4.74 Å². The molecule has 1 aromatic rings. The van der Waals surface area contributed by atoms with Crippen molar-refractivity contribution in [2.45, 2.75) is 57.7 Å². The Bertz CT molecular complexity index is 475. The van der Waals surface area contributed by atoms with Crippen LogP contribution in [0.4, 0.5) is 4.79 Å². The standard InChI is InChI=1S/C13H19N3O2/c1-13(2,3)18-12(17)16-8-4-5-11(16)9-7-14-15-10(9)6-8/h7-8,11H,4-6H2,1-3H3,(H,14,15). The summed E-state index contributed by atoms with van der Waals surface area (Å²) in [5.41, 5.74) is 1.91. The number of carbonyl (C=O) groups is 1. The molecule has 1 fully saturated rings. The van der Waals surface area contributed by atoms with Crippen molar-refractivity contribution in [3.63, 3.8) is 0 Å². The number of nitrogens with zero attached hydrogens (tertiary/aromatic N) is 2. The Balaban J connectivity index is 1.85. The Morgan fingerprint density at radius 3 is 3.00 bits per heavy atom. The van der Waals surface area contributed by atoms with Crippen LogP contribution in [0.25, 0.3) is 0 Å². The van der Waals surface area contributed by atoms with E-state index >= 15 is 0 Å². The van der Waals surface area contributed by atoms with Crippen LogP contribution in [0.15, 0.2) is 6.20 Å². The average Bonchev–Trinajstić information content (AvgIpc) is 2.81. The van der Waals surface area contributed by atoms with Crippen molar-refractivity contribution in [2.24, 2.45) is 0 Å². The van der Waals surface area contributed by atoms with Gasteiger partial charge in [-0.1, -0.05) is 0 Å². The first-order chi connectivity index (χ1) is 8.46. The summed E-state index contributed by atoms with van der Waals surface area (Å²) in [6.45, 7) is 5.71. The molecule has 0 aromatic carbocycles. The second-order valence-electron chi connectivity index (χ2n) is 6.14. The molecule has 3 rings (SSSR count). The van der Waals surface area contributed by atoms with Crippen LogP contribution in [-0.4, -0.2) is 32.8 Å². The van der Waals surface area contributed by atoms with Gasteiger partial charge in [0.25, 0.3) is 0 Å². The van der Waals surface area contributed by atoms with Gasteiger partial charge in [-0.25, -0.2) is 4.79 Å². The van der Waals surface area contributed by atoms with Crippen LogP contribution < -0.4 is 0 Å². The third-order valence-electron chi connectivity index (χ3n) is 3.66. The maximum absolute atomic E-state index is 12.3. The minimum atomic E-state index is -0.437. The molecule has 1 aromatic heterocycles. The number of hydrogen-bond acceptors (Lipinski definition) is 3. The smallest absolute Gasteiger partial charge is 0.411 e. The number of amides is 1. The van der Waals surface area contributed by atoms with E-state index in [0.29, 0.717) is 0 Å². The van der Waals surface area contributed by atoms with E-state index in [1.54, 1.807) is 0 Å². The predicted molar refractivity (Wildman–Crippen MR) is 66.1 cm³/mol. The molecule has 2 unspecified atom stereocenters. The summed E-state index contributed by atoms with van der Waals surface area (Å²) in [5, 5.41) is 7.12. The maximum Gasteiger partial charge on any atom is 0.411 e. The molecule has 1 saturated heterocycles. The van der Waals surface area contributed by atoms with E-state index in [-0.39, 0.29) is 18.2 Å². The fraction of sp³-hybridized carbons (Fsp3) is 0.692. The van der Waals surface area contributed by atoms with Crippen molar-refractivity contribution >= 4 is 6.09 Å². The Labute approximate surface area is 107 Å². The summed E-state index contributed by atoms with van der Waals surface area (Å²) in [6, 6.07) is 0.408. The molecule has 2 bridgehead atoms. The van der Waals surface area contributed by atoms with Crippen LogP contribution in [0.5, 0.6) is 0 Å². The van der Waals surface area contributed by atoms with Crippen molar-refractivity contribution in [3.8, 4) is 0 Å². The lowest BCUT2D eigenvalue weighted by Gasteiger charge is -2.35. The SMILES string of the molecule is CC(C)(C)OC(=O)N1C2CCC1c1cn[nH]c1C2. The van der Waals surface area contributed by atoms with Gasteiger partial charge in [0.1, 0.15) is 5.60 Å². The Morgan fingerprint density at radius 1 is 1.50 bits per heavy atom. The molecule has 0 radical (unpaired) electrons. The number of hydrogen-bond donors (Lipinski definition) is 1. The molecule has 5 heteroatoms. The summed E-state index contributed by atoms with van der Waals surface area (Å²) >= 11 is 0. The van der Waals surface area contributed by atoms with Gasteiger partial charge in [-0.3, -0.25) is 10.00 Å². The number of ether oxygens (including phenoxy) is 1. The first-order valence-corrected chi connectivity index (χ1v) is 6.49. The van der Waals surface area contributed by atoms with Gasteiger partial charge in [0.2, 0.25) is 0 Å². The third kappa shape index (κ3) is 1.78. The number of H-pyrrole nitrogens is 1. The quantitative estimate of drug-likeness (QED) is 0.768. The van der Waals surface area contributed by atoms with Crippen LogP contribution in [0.2, 0.25) is 0 Å². The first kappa shape index (κ1) is 11.6. The number of rotatable bonds is 0. The Morgan fingerprint density at radius 2 is 2.28 bits per heavy atom. The zero-order valence-corrected chi connectivity index (χ0v) is 11.1. The van der Waals surface area contributed by atoms with Crippen molar-refractivity contribution in [1.29, 1.82) is 0 Å². The molecule has 1 amide bonds. The summed E-state index contributed by atoms with van der Waals surface area (Å²) in [7, 11) is 0. The minimum Gasteiger partial charge on any atom is -0.444 e. The zero-order valence-electron chi connectivity index (χ0n) is 11.1. The van der Waals surface area contributed by atoms with Crippen molar-refractivity contribution < 1.29 is 9.53 Å². The molecule has 98 valence electrons. The lowest BCUT2D eigenvalue weighted by atomic mass is 10.0. The second kappa shape index (κ2) is 3.73. The van der Waals surface area contributed by atoms with Gasteiger partial charge in [-0.05, 0) is 33.6 Å². The Hall–Kier alpha value is -1.52. The molecule has 3 heterocycles. The van der Waals surface area contributed by atoms with E-state index in [1.165, 1.54) is 5.69 Å². The minimum absolute atomic E-state index is 0.146. The monoisotopic (exact) mass is 249 g/mol. The molecule has 18 heavy (non-hydrogen) atoms. The highest BCUT2D eigenvalue weighted by molar-refractivity contribution is 5.70. The molecule has 1 N–H and O–H groups in total. The molecular weight excluding hydrogens is 230 g/mol. The summed E-state index contributed by atoms with van der Waals surface area (Å²) in [5.74, 6) is 0. The third-order valence-corrected chi connectivity index (χ3v) is 3.66. The normalized spacial score (nSPS) is 26.1. The highest BCUT2D eigenvalue weighted by atomic mass is 16.6.